The molecular formula is C20H26N2O4. The molecule has 0 radical (unpaired) electrons. The van der Waals surface area contributed by atoms with Crippen LogP contribution in [-0.2, 0) is 16.0 Å². The number of benzene rings is 1. The molecule has 0 aliphatic heterocycles. The summed E-state index contributed by atoms with van der Waals surface area (Å²) >= 11 is 0. The summed E-state index contributed by atoms with van der Waals surface area (Å²) < 4.78 is 10.4. The van der Waals surface area contributed by atoms with Crippen molar-refractivity contribution in [2.75, 3.05) is 13.1 Å². The minimum atomic E-state index is -0.530. The number of rotatable bonds is 4. The van der Waals surface area contributed by atoms with E-state index in [4.69, 9.17) is 9.47 Å². The first-order chi connectivity index (χ1) is 12.3. The predicted octanol–water partition coefficient (Wildman–Crippen LogP) is 2.72. The molecule has 0 fully saturated rings. The van der Waals surface area contributed by atoms with Gasteiger partial charge in [0.05, 0.1) is 6.54 Å². The highest BCUT2D eigenvalue weighted by Gasteiger charge is 2.22. The Morgan fingerprint density at radius 2 is 2.08 bits per heavy atom. The van der Waals surface area contributed by atoms with Gasteiger partial charge in [0.1, 0.15) is 11.4 Å². The van der Waals surface area contributed by atoms with Gasteiger partial charge in [-0.05, 0) is 63.8 Å². The number of nitrogens with one attached hydrogen (secondary N) is 2. The van der Waals surface area contributed by atoms with Crippen molar-refractivity contribution in [2.45, 2.75) is 52.2 Å². The largest absolute Gasteiger partial charge is 0.450 e. The molecule has 0 saturated carbocycles. The predicted molar refractivity (Wildman–Crippen MR) is 98.8 cm³/mol. The summed E-state index contributed by atoms with van der Waals surface area (Å²) in [5.41, 5.74) is 1.80. The quantitative estimate of drug-likeness (QED) is 0.492. The highest BCUT2D eigenvalue weighted by molar-refractivity contribution is 5.88. The van der Waals surface area contributed by atoms with Crippen molar-refractivity contribution < 1.29 is 19.1 Å². The van der Waals surface area contributed by atoms with E-state index in [-0.39, 0.29) is 6.04 Å². The third-order valence-electron chi connectivity index (χ3n) is 3.75. The van der Waals surface area contributed by atoms with Gasteiger partial charge in [0, 0.05) is 18.5 Å². The first kappa shape index (κ1) is 19.8. The maximum atomic E-state index is 11.6. The average molecular weight is 358 g/mol. The zero-order chi connectivity index (χ0) is 19.2. The number of carbonyl (C=O) groups is 2. The molecule has 1 unspecified atom stereocenters. The summed E-state index contributed by atoms with van der Waals surface area (Å²) in [5, 5.41) is 5.94. The zero-order valence-electron chi connectivity index (χ0n) is 15.8. The lowest BCUT2D eigenvalue weighted by molar-refractivity contribution is -0.147. The minimum Gasteiger partial charge on any atom is -0.450 e. The van der Waals surface area contributed by atoms with Crippen LogP contribution in [-0.4, -0.2) is 30.8 Å². The highest BCUT2D eigenvalue weighted by Crippen LogP contribution is 2.33. The minimum absolute atomic E-state index is 0.177. The molecular weight excluding hydrogens is 332 g/mol. The Kier molecular flexibility index (Phi) is 6.64. The highest BCUT2D eigenvalue weighted by atomic mass is 16.6. The van der Waals surface area contributed by atoms with Crippen molar-refractivity contribution in [3.63, 3.8) is 0 Å². The van der Waals surface area contributed by atoms with Crippen molar-refractivity contribution in [3.8, 4) is 17.6 Å². The van der Waals surface area contributed by atoms with Gasteiger partial charge in [0.25, 0.3) is 0 Å². The van der Waals surface area contributed by atoms with Crippen LogP contribution in [0.4, 0.5) is 4.79 Å². The fourth-order valence-corrected chi connectivity index (χ4v) is 2.75. The Morgan fingerprint density at radius 3 is 2.77 bits per heavy atom. The molecule has 26 heavy (non-hydrogen) atoms. The third-order valence-corrected chi connectivity index (χ3v) is 3.75. The Bertz CT molecular complexity index is 726. The van der Waals surface area contributed by atoms with E-state index >= 15 is 0 Å². The van der Waals surface area contributed by atoms with Gasteiger partial charge in [-0.2, -0.15) is 0 Å². The van der Waals surface area contributed by atoms with Crippen molar-refractivity contribution in [2.24, 2.45) is 0 Å². The van der Waals surface area contributed by atoms with Crippen LogP contribution in [0, 0.1) is 11.8 Å². The molecule has 6 nitrogen and oxygen atoms in total. The molecule has 1 amide bonds. The number of carbonyl (C=O) groups excluding carboxylic acids is 2. The number of hydrogen-bond donors (Lipinski definition) is 2. The van der Waals surface area contributed by atoms with Crippen molar-refractivity contribution in [3.05, 3.63) is 29.3 Å². The first-order valence-electron chi connectivity index (χ1n) is 8.82. The van der Waals surface area contributed by atoms with Gasteiger partial charge in [-0.1, -0.05) is 12.0 Å². The van der Waals surface area contributed by atoms with Crippen LogP contribution in [0.5, 0.6) is 5.75 Å². The Labute approximate surface area is 154 Å². The normalized spacial score (nSPS) is 15.5. The molecule has 0 saturated heterocycles. The second-order valence-electron chi connectivity index (χ2n) is 7.06. The molecule has 1 aliphatic rings. The summed E-state index contributed by atoms with van der Waals surface area (Å²) in [6.45, 7) is 8.20. The number of aryl methyl sites for hydroxylation is 1. The van der Waals surface area contributed by atoms with E-state index in [0.29, 0.717) is 18.8 Å². The van der Waals surface area contributed by atoms with Crippen LogP contribution in [0.3, 0.4) is 0 Å². The van der Waals surface area contributed by atoms with Crippen LogP contribution in [0.25, 0.3) is 0 Å². The molecule has 140 valence electrons. The van der Waals surface area contributed by atoms with Gasteiger partial charge in [-0.25, -0.2) is 9.59 Å². The van der Waals surface area contributed by atoms with Gasteiger partial charge in [-0.3, -0.25) is 5.32 Å². The second-order valence-corrected chi connectivity index (χ2v) is 7.06. The molecule has 2 N–H and O–H groups in total. The first-order valence-corrected chi connectivity index (χ1v) is 8.82. The van der Waals surface area contributed by atoms with E-state index in [0.717, 1.165) is 18.4 Å². The van der Waals surface area contributed by atoms with Crippen LogP contribution >= 0.6 is 0 Å². The van der Waals surface area contributed by atoms with E-state index in [1.54, 1.807) is 6.07 Å². The SMILES string of the molecule is CCNC(=O)Oc1ccc2c(c1)CCC2NCC#CC(=O)OC(C)(C)C. The average Bonchev–Trinajstić information content (AvgIpc) is 2.92. The van der Waals surface area contributed by atoms with E-state index in [9.17, 15) is 9.59 Å². The zero-order valence-corrected chi connectivity index (χ0v) is 15.8. The van der Waals surface area contributed by atoms with Crippen LogP contribution < -0.4 is 15.4 Å². The van der Waals surface area contributed by atoms with Gasteiger partial charge < -0.3 is 14.8 Å². The van der Waals surface area contributed by atoms with Gasteiger partial charge in [0.2, 0.25) is 0 Å². The molecule has 6 heteroatoms. The number of amides is 1. The fraction of sp³-hybridized carbons (Fsp3) is 0.500. The van der Waals surface area contributed by atoms with Crippen LogP contribution in [0.2, 0.25) is 0 Å². The van der Waals surface area contributed by atoms with Crippen LogP contribution in [0.15, 0.2) is 18.2 Å². The maximum absolute atomic E-state index is 11.6. The molecule has 0 spiro atoms. The molecule has 1 aromatic carbocycles. The monoisotopic (exact) mass is 358 g/mol. The van der Waals surface area contributed by atoms with E-state index < -0.39 is 17.7 Å². The van der Waals surface area contributed by atoms with Crippen molar-refractivity contribution >= 4 is 12.1 Å². The van der Waals surface area contributed by atoms with Crippen molar-refractivity contribution in [1.29, 1.82) is 0 Å². The van der Waals surface area contributed by atoms with E-state index in [1.807, 2.05) is 39.8 Å². The number of esters is 1. The molecule has 1 aromatic rings. The number of ether oxygens (including phenoxy) is 2. The molecule has 1 aliphatic carbocycles. The Hall–Kier alpha value is -2.52. The molecule has 0 bridgehead atoms. The van der Waals surface area contributed by atoms with Crippen LogP contribution in [0.1, 0.15) is 51.3 Å². The lowest BCUT2D eigenvalue weighted by Crippen LogP contribution is -2.26. The van der Waals surface area contributed by atoms with Crippen molar-refractivity contribution in [1.82, 2.24) is 10.6 Å². The van der Waals surface area contributed by atoms with Gasteiger partial charge in [0.15, 0.2) is 0 Å². The lowest BCUT2D eigenvalue weighted by atomic mass is 10.1. The van der Waals surface area contributed by atoms with E-state index in [1.165, 1.54) is 5.56 Å². The maximum Gasteiger partial charge on any atom is 0.412 e. The summed E-state index contributed by atoms with van der Waals surface area (Å²) in [6.07, 6.45) is 1.39. The standard InChI is InChI=1S/C20H26N2O4/c1-5-21-19(24)25-15-9-10-16-14(13-15)8-11-17(16)22-12-6-7-18(23)26-20(2,3)4/h9-10,13,17,22H,5,8,11-12H2,1-4H3,(H,21,24). The fourth-order valence-electron chi connectivity index (χ4n) is 2.75. The molecule has 0 aromatic heterocycles. The lowest BCUT2D eigenvalue weighted by Gasteiger charge is -2.17. The molecule has 0 heterocycles. The number of fused-ring (bicyclic) bond motifs is 1. The second kappa shape index (κ2) is 8.72. The molecule has 2 rings (SSSR count). The third kappa shape index (κ3) is 6.08. The molecule has 1 atom stereocenters. The topological polar surface area (TPSA) is 76.7 Å². The van der Waals surface area contributed by atoms with E-state index in [2.05, 4.69) is 22.5 Å². The summed E-state index contributed by atoms with van der Waals surface area (Å²) in [7, 11) is 0. The smallest absolute Gasteiger partial charge is 0.412 e. The summed E-state index contributed by atoms with van der Waals surface area (Å²) in [4.78, 5) is 23.0. The summed E-state index contributed by atoms with van der Waals surface area (Å²) in [6, 6.07) is 5.84. The number of hydrogen-bond acceptors (Lipinski definition) is 5. The van der Waals surface area contributed by atoms with Gasteiger partial charge >= 0.3 is 12.1 Å². The Morgan fingerprint density at radius 1 is 1.31 bits per heavy atom. The van der Waals surface area contributed by atoms with Gasteiger partial charge in [-0.15, -0.1) is 0 Å². The summed E-state index contributed by atoms with van der Waals surface area (Å²) in [5.74, 6) is 5.32. The Balaban J connectivity index is 1.88.